The Bertz CT molecular complexity index is 1770. The molecule has 0 unspecified atom stereocenters. The third-order valence-corrected chi connectivity index (χ3v) is 6.11. The van der Waals surface area contributed by atoms with Gasteiger partial charge in [0.25, 0.3) is 5.91 Å². The zero-order chi connectivity index (χ0) is 29.0. The predicted molar refractivity (Wildman–Crippen MR) is 146 cm³/mol. The van der Waals surface area contributed by atoms with Gasteiger partial charge in [0.1, 0.15) is 23.0 Å². The standard InChI is InChI=1S/C30H25F3N4O3/c1-5-18(15-19-10-8-7-9-17(19)3)16-35-28(38)26-27(22(34)6-2)40-29(37-26)21-11-13-23(39-4)25-20(21)12-14-24(36-25)30(31,32)33/h2,5,7-15,22H,3,16,34H2,1,4H3,(H,35,38)/b18-5+,19-15-/t22-/m0/s1. The number of nitrogens with two attached hydrogens (primary N) is 1. The highest BCUT2D eigenvalue weighted by Crippen LogP contribution is 2.37. The fourth-order valence-corrected chi connectivity index (χ4v) is 3.97. The Morgan fingerprint density at radius 1 is 1.23 bits per heavy atom. The van der Waals surface area contributed by atoms with Crippen LogP contribution in [0.15, 0.2) is 64.6 Å². The van der Waals surface area contributed by atoms with Crippen molar-refractivity contribution in [3.05, 3.63) is 87.8 Å². The highest BCUT2D eigenvalue weighted by molar-refractivity contribution is 5.98. The maximum absolute atomic E-state index is 13.3. The molecule has 0 radical (unpaired) electrons. The van der Waals surface area contributed by atoms with Gasteiger partial charge in [-0.25, -0.2) is 9.97 Å². The van der Waals surface area contributed by atoms with Crippen molar-refractivity contribution in [2.75, 3.05) is 13.7 Å². The molecule has 0 saturated carbocycles. The first-order chi connectivity index (χ1) is 19.1. The first kappa shape index (κ1) is 28.1. The first-order valence-corrected chi connectivity index (χ1v) is 12.0. The summed E-state index contributed by atoms with van der Waals surface area (Å²) in [6, 6.07) is 11.5. The van der Waals surface area contributed by atoms with Gasteiger partial charge in [0.05, 0.1) is 7.11 Å². The summed E-state index contributed by atoms with van der Waals surface area (Å²) in [7, 11) is 1.32. The molecule has 10 heteroatoms. The summed E-state index contributed by atoms with van der Waals surface area (Å²) in [5.74, 6) is 1.71. The molecule has 0 aliphatic rings. The van der Waals surface area contributed by atoms with Crippen LogP contribution in [0.1, 0.15) is 34.9 Å². The number of allylic oxidation sites excluding steroid dienone is 1. The normalized spacial score (nSPS) is 13.2. The van der Waals surface area contributed by atoms with E-state index in [4.69, 9.17) is 21.3 Å². The van der Waals surface area contributed by atoms with Crippen LogP contribution in [-0.4, -0.2) is 29.5 Å². The van der Waals surface area contributed by atoms with E-state index in [2.05, 4.69) is 27.8 Å². The molecule has 0 saturated heterocycles. The molecule has 1 atom stereocenters. The number of benzene rings is 2. The number of alkyl halides is 3. The molecule has 204 valence electrons. The third kappa shape index (κ3) is 5.75. The second-order valence-electron chi connectivity index (χ2n) is 8.67. The van der Waals surface area contributed by atoms with Gasteiger partial charge in [0.2, 0.25) is 5.89 Å². The maximum Gasteiger partial charge on any atom is 0.433 e. The fraction of sp³-hybridized carbons (Fsp3) is 0.167. The molecular formula is C30H25F3N4O3. The molecule has 40 heavy (non-hydrogen) atoms. The topological polar surface area (TPSA) is 103 Å². The number of hydrogen-bond donors (Lipinski definition) is 2. The highest BCUT2D eigenvalue weighted by Gasteiger charge is 2.33. The van der Waals surface area contributed by atoms with E-state index in [9.17, 15) is 18.0 Å². The summed E-state index contributed by atoms with van der Waals surface area (Å²) in [5.41, 5.74) is 5.82. The van der Waals surface area contributed by atoms with Crippen LogP contribution >= 0.6 is 0 Å². The Hall–Kier alpha value is -4.88. The number of terminal acetylenes is 1. The van der Waals surface area contributed by atoms with Gasteiger partial charge in [-0.05, 0) is 53.3 Å². The molecular weight excluding hydrogens is 521 g/mol. The summed E-state index contributed by atoms with van der Waals surface area (Å²) in [4.78, 5) is 21.3. The van der Waals surface area contributed by atoms with Gasteiger partial charge >= 0.3 is 6.18 Å². The molecule has 2 aromatic heterocycles. The Balaban J connectivity index is 1.73. The van der Waals surface area contributed by atoms with Crippen LogP contribution < -0.4 is 26.2 Å². The van der Waals surface area contributed by atoms with E-state index in [0.29, 0.717) is 0 Å². The molecule has 0 bridgehead atoms. The zero-order valence-electron chi connectivity index (χ0n) is 21.7. The Kier molecular flexibility index (Phi) is 8.07. The van der Waals surface area contributed by atoms with Crippen LogP contribution in [0.5, 0.6) is 5.75 Å². The number of rotatable bonds is 7. The fourth-order valence-electron chi connectivity index (χ4n) is 3.97. The van der Waals surface area contributed by atoms with Crippen molar-refractivity contribution in [1.82, 2.24) is 15.3 Å². The van der Waals surface area contributed by atoms with Gasteiger partial charge < -0.3 is 20.2 Å². The van der Waals surface area contributed by atoms with Crippen LogP contribution in [0.3, 0.4) is 0 Å². The highest BCUT2D eigenvalue weighted by atomic mass is 19.4. The van der Waals surface area contributed by atoms with Crippen LogP contribution in [-0.2, 0) is 6.18 Å². The van der Waals surface area contributed by atoms with Crippen LogP contribution in [0.4, 0.5) is 13.2 Å². The molecule has 3 N–H and O–H groups in total. The minimum Gasteiger partial charge on any atom is -0.494 e. The van der Waals surface area contributed by atoms with E-state index < -0.39 is 23.8 Å². The van der Waals surface area contributed by atoms with E-state index in [-0.39, 0.29) is 46.1 Å². The number of carbonyl (C=O) groups is 1. The number of oxazole rings is 1. The smallest absolute Gasteiger partial charge is 0.433 e. The molecule has 0 aliphatic heterocycles. The summed E-state index contributed by atoms with van der Waals surface area (Å²) in [5, 5.41) is 4.79. The number of fused-ring (bicyclic) bond motifs is 1. The Morgan fingerprint density at radius 2 is 1.98 bits per heavy atom. The van der Waals surface area contributed by atoms with Gasteiger partial charge in [0, 0.05) is 17.5 Å². The lowest BCUT2D eigenvalue weighted by atomic mass is 10.1. The molecule has 0 fully saturated rings. The van der Waals surface area contributed by atoms with Crippen LogP contribution in [0, 0.1) is 12.3 Å². The maximum atomic E-state index is 13.3. The third-order valence-electron chi connectivity index (χ3n) is 6.11. The first-order valence-electron chi connectivity index (χ1n) is 12.0. The van der Waals surface area contributed by atoms with Crippen molar-refractivity contribution in [3.63, 3.8) is 0 Å². The lowest BCUT2D eigenvalue weighted by Gasteiger charge is -2.11. The minimum absolute atomic E-state index is 0.0548. The molecule has 4 aromatic rings. The van der Waals surface area contributed by atoms with E-state index in [1.165, 1.54) is 25.3 Å². The van der Waals surface area contributed by atoms with Crippen molar-refractivity contribution in [2.24, 2.45) is 5.73 Å². The van der Waals surface area contributed by atoms with Gasteiger partial charge in [-0.2, -0.15) is 13.2 Å². The van der Waals surface area contributed by atoms with E-state index in [1.54, 1.807) is 0 Å². The quantitative estimate of drug-likeness (QED) is 0.338. The van der Waals surface area contributed by atoms with Gasteiger partial charge in [-0.1, -0.05) is 42.8 Å². The van der Waals surface area contributed by atoms with Crippen molar-refractivity contribution in [3.8, 4) is 29.5 Å². The lowest BCUT2D eigenvalue weighted by Crippen LogP contribution is -2.29. The van der Waals surface area contributed by atoms with Crippen LogP contribution in [0.2, 0.25) is 0 Å². The van der Waals surface area contributed by atoms with E-state index >= 15 is 0 Å². The second kappa shape index (κ2) is 11.5. The number of ether oxygens (including phenoxy) is 1. The molecule has 1 amide bonds. The number of aromatic nitrogens is 2. The number of amides is 1. The predicted octanol–water partition coefficient (Wildman–Crippen LogP) is 4.12. The van der Waals surface area contributed by atoms with E-state index in [0.717, 1.165) is 22.1 Å². The Morgan fingerprint density at radius 3 is 2.62 bits per heavy atom. The molecule has 2 heterocycles. The Labute approximate surface area is 227 Å². The molecule has 0 spiro atoms. The lowest BCUT2D eigenvalue weighted by molar-refractivity contribution is -0.140. The van der Waals surface area contributed by atoms with E-state index in [1.807, 2.05) is 43.3 Å². The zero-order valence-corrected chi connectivity index (χ0v) is 21.7. The average Bonchev–Trinajstić information content (AvgIpc) is 3.39. The largest absolute Gasteiger partial charge is 0.494 e. The van der Waals surface area contributed by atoms with Crippen molar-refractivity contribution in [2.45, 2.75) is 19.1 Å². The summed E-state index contributed by atoms with van der Waals surface area (Å²) < 4.78 is 51.0. The molecule has 7 nitrogen and oxygen atoms in total. The number of pyridine rings is 1. The molecule has 0 aliphatic carbocycles. The number of carbonyl (C=O) groups excluding carboxylic acids is 1. The van der Waals surface area contributed by atoms with Crippen LogP contribution in [0.25, 0.3) is 35.0 Å². The molecule has 2 aromatic carbocycles. The average molecular weight is 547 g/mol. The number of nitrogens with zero attached hydrogens (tertiary/aromatic N) is 2. The van der Waals surface area contributed by atoms with Gasteiger partial charge in [-0.15, -0.1) is 6.42 Å². The SMILES string of the molecule is C#C[C@H](N)c1oc(-c2ccc(OC)c3nc(C(F)(F)F)ccc23)nc1C(=O)NCC(/C=c1/ccccc1=C)=C/C. The van der Waals surface area contributed by atoms with Crippen molar-refractivity contribution in [1.29, 1.82) is 0 Å². The van der Waals surface area contributed by atoms with Gasteiger partial charge in [0.15, 0.2) is 11.5 Å². The second-order valence-corrected chi connectivity index (χ2v) is 8.67. The number of hydrogen-bond acceptors (Lipinski definition) is 6. The van der Waals surface area contributed by atoms with Gasteiger partial charge in [-0.3, -0.25) is 4.79 Å². The molecule has 4 rings (SSSR count). The van der Waals surface area contributed by atoms with Crippen molar-refractivity contribution < 1.29 is 27.1 Å². The van der Waals surface area contributed by atoms with Crippen molar-refractivity contribution >= 4 is 29.5 Å². The summed E-state index contributed by atoms with van der Waals surface area (Å²) in [6.07, 6.45) is 4.59. The summed E-state index contributed by atoms with van der Waals surface area (Å²) >= 11 is 0. The number of halogens is 3. The minimum atomic E-state index is -4.66. The summed E-state index contributed by atoms with van der Waals surface area (Å²) in [6.45, 7) is 6.00. The number of methoxy groups -OCH3 is 1. The number of nitrogens with one attached hydrogen (secondary N) is 1. The monoisotopic (exact) mass is 546 g/mol.